The molecule has 0 aromatic heterocycles. The van der Waals surface area contributed by atoms with Crippen LogP contribution in [0.3, 0.4) is 0 Å². The summed E-state index contributed by atoms with van der Waals surface area (Å²) in [5, 5.41) is 0. The standard InChI is InChI=1S/C15H20N2O5S/c1-21-13-3-2-4-14(11-13)23(19,20)16-7-5-12(6-8-16)17-9-10-22-15(17)18/h2-4,11-12H,5-10H2,1H3. The number of rotatable bonds is 4. The van der Waals surface area contributed by atoms with Crippen molar-refractivity contribution in [3.63, 3.8) is 0 Å². The lowest BCUT2D eigenvalue weighted by molar-refractivity contribution is 0.132. The molecule has 0 bridgehead atoms. The summed E-state index contributed by atoms with van der Waals surface area (Å²) < 4.78 is 36.9. The summed E-state index contributed by atoms with van der Waals surface area (Å²) in [7, 11) is -2.03. The normalized spacial score (nSPS) is 22.7. The molecule has 8 heteroatoms. The number of piperidine rings is 1. The van der Waals surface area contributed by atoms with Crippen molar-refractivity contribution in [2.45, 2.75) is 23.8 Å². The van der Waals surface area contributed by atoms with E-state index in [1.54, 1.807) is 23.1 Å². The second-order valence-electron chi connectivity index (χ2n) is 5.62. The van der Waals surface area contributed by atoms with Gasteiger partial charge in [-0.15, -0.1) is 4.31 Å². The van der Waals surface area contributed by atoms with Crippen LogP contribution in [0, 0.1) is 0 Å². The van der Waals surface area contributed by atoms with Crippen molar-refractivity contribution in [2.24, 2.45) is 0 Å². The third-order valence-electron chi connectivity index (χ3n) is 4.34. The highest BCUT2D eigenvalue weighted by molar-refractivity contribution is 7.95. The highest BCUT2D eigenvalue weighted by Gasteiger charge is 2.38. The Hall–Kier alpha value is -1.64. The van der Waals surface area contributed by atoms with E-state index >= 15 is 0 Å². The fraction of sp³-hybridized carbons (Fsp3) is 0.533. The topological polar surface area (TPSA) is 82.1 Å². The number of hydrogen-bond acceptors (Lipinski definition) is 5. The van der Waals surface area contributed by atoms with Gasteiger partial charge in [0.25, 0.3) is 0 Å². The third kappa shape index (κ3) is 3.19. The van der Waals surface area contributed by atoms with Gasteiger partial charge in [0.05, 0.1) is 13.7 Å². The molecule has 0 N–H and O–H groups in total. The molecule has 1 atom stereocenters. The fourth-order valence-electron chi connectivity index (χ4n) is 3.04. The van der Waals surface area contributed by atoms with Crippen LogP contribution in [-0.2, 0) is 19.3 Å². The number of hydrogen-bond donors (Lipinski definition) is 0. The van der Waals surface area contributed by atoms with Gasteiger partial charge in [-0.2, -0.15) is 0 Å². The molecule has 0 radical (unpaired) electrons. The Bertz CT molecular complexity index is 630. The molecule has 2 aliphatic heterocycles. The van der Waals surface area contributed by atoms with Crippen LogP contribution < -0.4 is 4.74 Å². The number of carbonyl (C=O) groups excluding carboxylic acids is 1. The minimum atomic E-state index is -3.54. The molecule has 1 unspecified atom stereocenters. The predicted octanol–water partition coefficient (Wildman–Crippen LogP) is 1.52. The van der Waals surface area contributed by atoms with Gasteiger partial charge < -0.3 is 18.9 Å². The Morgan fingerprint density at radius 3 is 2.65 bits per heavy atom. The van der Waals surface area contributed by atoms with Crippen LogP contribution in [0.15, 0.2) is 29.2 Å². The van der Waals surface area contributed by atoms with Crippen molar-refractivity contribution in [2.75, 3.05) is 33.4 Å². The number of amides is 1. The monoisotopic (exact) mass is 340 g/mol. The number of methoxy groups -OCH3 is 1. The molecule has 7 nitrogen and oxygen atoms in total. The van der Waals surface area contributed by atoms with Gasteiger partial charge in [0.15, 0.2) is 15.3 Å². The van der Waals surface area contributed by atoms with Crippen molar-refractivity contribution in [1.29, 1.82) is 0 Å². The molecule has 0 saturated carbocycles. The van der Waals surface area contributed by atoms with Gasteiger partial charge in [0, 0.05) is 25.2 Å². The molecule has 2 saturated heterocycles. The maximum atomic E-state index is 12.7. The molecule has 2 heterocycles. The Morgan fingerprint density at radius 2 is 2.04 bits per heavy atom. The number of benzene rings is 1. The molecule has 1 aromatic rings. The molecule has 126 valence electrons. The zero-order chi connectivity index (χ0) is 16.4. The first-order chi connectivity index (χ1) is 11.0. The summed E-state index contributed by atoms with van der Waals surface area (Å²) in [4.78, 5) is 13.5. The first-order valence-electron chi connectivity index (χ1n) is 7.60. The fourth-order valence-corrected chi connectivity index (χ4v) is 4.55. The lowest BCUT2D eigenvalue weighted by atomic mass is 10.1. The highest BCUT2D eigenvalue weighted by Crippen LogP contribution is 2.29. The van der Waals surface area contributed by atoms with E-state index in [0.29, 0.717) is 44.8 Å². The number of ether oxygens (including phenoxy) is 2. The smallest absolute Gasteiger partial charge is 0.410 e. The van der Waals surface area contributed by atoms with Gasteiger partial charge >= 0.3 is 6.09 Å². The summed E-state index contributed by atoms with van der Waals surface area (Å²) in [6.45, 7) is 1.80. The number of nitrogens with zero attached hydrogens (tertiary/aromatic N) is 2. The zero-order valence-corrected chi connectivity index (χ0v) is 13.8. The number of carbonyl (C=O) groups is 1. The lowest BCUT2D eigenvalue weighted by Crippen LogP contribution is -2.48. The van der Waals surface area contributed by atoms with Crippen LogP contribution in [0.25, 0.3) is 0 Å². The molecule has 1 amide bonds. The van der Waals surface area contributed by atoms with Crippen LogP contribution in [0.5, 0.6) is 5.75 Å². The number of cyclic esters (lactones) is 1. The summed E-state index contributed by atoms with van der Waals surface area (Å²) >= 11 is 0. The van der Waals surface area contributed by atoms with E-state index in [9.17, 15) is 13.6 Å². The van der Waals surface area contributed by atoms with E-state index in [1.807, 2.05) is 0 Å². The molecule has 0 spiro atoms. The highest BCUT2D eigenvalue weighted by atomic mass is 32.3. The van der Waals surface area contributed by atoms with Crippen LogP contribution in [-0.4, -0.2) is 59.2 Å². The van der Waals surface area contributed by atoms with Gasteiger partial charge in [0.2, 0.25) is 0 Å². The second kappa shape index (κ2) is 6.46. The van der Waals surface area contributed by atoms with Gasteiger partial charge in [-0.05, 0) is 25.0 Å². The molecule has 0 aliphatic carbocycles. The Balaban J connectivity index is 1.68. The quantitative estimate of drug-likeness (QED) is 0.776. The third-order valence-corrected chi connectivity index (χ3v) is 6.23. The van der Waals surface area contributed by atoms with Gasteiger partial charge in [-0.3, -0.25) is 0 Å². The number of sulfonamides is 1. The molecule has 3 rings (SSSR count). The first kappa shape index (κ1) is 16.2. The SMILES string of the molecule is COc1cccc([S+](=O)([O-])N2CCC(N3CCOC3=O)CC2)c1. The summed E-state index contributed by atoms with van der Waals surface area (Å²) in [6.07, 6.45) is 0.954. The minimum absolute atomic E-state index is 0.0572. The molecule has 23 heavy (non-hydrogen) atoms. The Kier molecular flexibility index (Phi) is 4.56. The minimum Gasteiger partial charge on any atom is -0.593 e. The van der Waals surface area contributed by atoms with Crippen molar-refractivity contribution in [3.8, 4) is 5.75 Å². The van der Waals surface area contributed by atoms with Crippen molar-refractivity contribution >= 4 is 16.5 Å². The second-order valence-corrected chi connectivity index (χ2v) is 7.56. The summed E-state index contributed by atoms with van der Waals surface area (Å²) in [5.74, 6) is 0.515. The summed E-state index contributed by atoms with van der Waals surface area (Å²) in [6, 6.07) is 6.53. The first-order valence-corrected chi connectivity index (χ1v) is 9.04. The van der Waals surface area contributed by atoms with E-state index in [-0.39, 0.29) is 17.0 Å². The van der Waals surface area contributed by atoms with E-state index < -0.39 is 10.4 Å². The van der Waals surface area contributed by atoms with E-state index in [1.165, 1.54) is 17.5 Å². The maximum Gasteiger partial charge on any atom is 0.410 e. The molecule has 2 fully saturated rings. The Labute approximate surface area is 136 Å². The van der Waals surface area contributed by atoms with Gasteiger partial charge in [0.1, 0.15) is 12.4 Å². The maximum absolute atomic E-state index is 12.7. The molecule has 2 aliphatic rings. The molecular weight excluding hydrogens is 320 g/mol. The van der Waals surface area contributed by atoms with Crippen molar-refractivity contribution in [1.82, 2.24) is 9.21 Å². The lowest BCUT2D eigenvalue weighted by Gasteiger charge is -2.36. The average molecular weight is 340 g/mol. The Morgan fingerprint density at radius 1 is 1.30 bits per heavy atom. The van der Waals surface area contributed by atoms with E-state index in [4.69, 9.17) is 9.47 Å². The molecule has 1 aromatic carbocycles. The summed E-state index contributed by atoms with van der Waals surface area (Å²) in [5.41, 5.74) is 0. The van der Waals surface area contributed by atoms with E-state index in [0.717, 1.165) is 0 Å². The van der Waals surface area contributed by atoms with Crippen molar-refractivity contribution in [3.05, 3.63) is 24.3 Å². The van der Waals surface area contributed by atoms with Crippen LogP contribution in [0.2, 0.25) is 0 Å². The van der Waals surface area contributed by atoms with E-state index in [2.05, 4.69) is 0 Å². The average Bonchev–Trinajstić information content (AvgIpc) is 3.01. The van der Waals surface area contributed by atoms with Crippen LogP contribution >= 0.6 is 0 Å². The van der Waals surface area contributed by atoms with Gasteiger partial charge in [-0.25, -0.2) is 4.79 Å². The van der Waals surface area contributed by atoms with Crippen molar-refractivity contribution < 1.29 is 23.0 Å². The molecular formula is C15H20N2O5S. The predicted molar refractivity (Wildman–Crippen MR) is 82.7 cm³/mol. The van der Waals surface area contributed by atoms with Crippen LogP contribution in [0.1, 0.15) is 12.8 Å². The zero-order valence-electron chi connectivity index (χ0n) is 13.0. The van der Waals surface area contributed by atoms with Gasteiger partial charge in [-0.1, -0.05) is 10.3 Å². The largest absolute Gasteiger partial charge is 0.593 e. The van der Waals surface area contributed by atoms with Crippen LogP contribution in [0.4, 0.5) is 4.79 Å².